The Kier molecular flexibility index (Phi) is 5.64. The van der Waals surface area contributed by atoms with Crippen LogP contribution >= 0.6 is 0 Å². The number of benzene rings is 4. The first-order chi connectivity index (χ1) is 18.9. The summed E-state index contributed by atoms with van der Waals surface area (Å²) < 4.78 is 4.42. The molecule has 0 aliphatic rings. The number of pyridine rings is 2. The first-order valence-corrected chi connectivity index (χ1v) is 12.6. The molecule has 5 heteroatoms. The molecule has 0 unspecified atom stereocenters. The average molecular weight is 680 g/mol. The Morgan fingerprint density at radius 2 is 1.21 bits per heavy atom. The van der Waals surface area contributed by atoms with E-state index < -0.39 is 0 Å². The minimum Gasteiger partial charge on any atom is -0.318 e. The van der Waals surface area contributed by atoms with Gasteiger partial charge in [-0.15, -0.1) is 35.9 Å². The molecule has 8 rings (SSSR count). The fourth-order valence-electron chi connectivity index (χ4n) is 5.52. The third-order valence-electron chi connectivity index (χ3n) is 7.17. The van der Waals surface area contributed by atoms with Gasteiger partial charge in [-0.05, 0) is 35.6 Å². The van der Waals surface area contributed by atoms with Crippen molar-refractivity contribution >= 4 is 43.9 Å². The molecular formula is C34H20N4Pt. The van der Waals surface area contributed by atoms with E-state index in [2.05, 4.69) is 105 Å². The van der Waals surface area contributed by atoms with Gasteiger partial charge in [-0.25, -0.2) is 4.98 Å². The second-order valence-electron chi connectivity index (χ2n) is 9.35. The molecule has 0 bridgehead atoms. The Balaban J connectivity index is 0.00000253. The van der Waals surface area contributed by atoms with E-state index in [1.54, 1.807) is 0 Å². The van der Waals surface area contributed by atoms with Crippen LogP contribution in [0.2, 0.25) is 0 Å². The van der Waals surface area contributed by atoms with Crippen LogP contribution in [-0.4, -0.2) is 19.1 Å². The van der Waals surface area contributed by atoms with E-state index in [1.807, 2.05) is 42.6 Å². The zero-order valence-corrected chi connectivity index (χ0v) is 22.9. The van der Waals surface area contributed by atoms with Crippen LogP contribution in [0.1, 0.15) is 0 Å². The van der Waals surface area contributed by atoms with Gasteiger partial charge in [0.25, 0.3) is 0 Å². The van der Waals surface area contributed by atoms with Crippen molar-refractivity contribution in [3.63, 3.8) is 0 Å². The van der Waals surface area contributed by atoms with Crippen molar-refractivity contribution in [3.05, 3.63) is 134 Å². The van der Waals surface area contributed by atoms with Gasteiger partial charge in [0.1, 0.15) is 11.3 Å². The monoisotopic (exact) mass is 679 g/mol. The van der Waals surface area contributed by atoms with Gasteiger partial charge in [0.05, 0.1) is 11.0 Å². The molecule has 0 aliphatic carbocycles. The van der Waals surface area contributed by atoms with Crippen molar-refractivity contribution in [2.45, 2.75) is 0 Å². The summed E-state index contributed by atoms with van der Waals surface area (Å²) >= 11 is 0. The number of hydrogen-bond acceptors (Lipinski definition) is 2. The number of nitrogens with zero attached hydrogens (tertiary/aromatic N) is 4. The third kappa shape index (κ3) is 3.64. The molecule has 0 atom stereocenters. The van der Waals surface area contributed by atoms with E-state index in [-0.39, 0.29) is 21.1 Å². The number of aromatic nitrogens is 4. The molecule has 8 aromatic rings. The number of hydrogen-bond donors (Lipinski definition) is 0. The van der Waals surface area contributed by atoms with Gasteiger partial charge >= 0.3 is 21.1 Å². The fraction of sp³-hybridized carbons (Fsp3) is 0. The number of fused-ring (bicyclic) bond motifs is 6. The molecule has 0 N–H and O–H groups in total. The number of rotatable bonds is 3. The van der Waals surface area contributed by atoms with Crippen LogP contribution in [0.4, 0.5) is 0 Å². The first-order valence-electron chi connectivity index (χ1n) is 12.6. The molecule has 0 saturated heterocycles. The molecule has 0 spiro atoms. The smallest absolute Gasteiger partial charge is 0.318 e. The second-order valence-corrected chi connectivity index (χ2v) is 9.35. The standard InChI is InChI=1S/C34H20N4.Pt/c1-2-12-24(13-3-1)37-31-18-6-4-15-26(31)28-22-29-27-16-5-7-19-32(27)38(34(29)36-33(28)37)25-14-10-11-23(21-25)30-17-8-9-20-35-30;/h1-12,14-20,22H;/q-2;+2. The normalized spacial score (nSPS) is 11.4. The number of para-hydroxylation sites is 3. The van der Waals surface area contributed by atoms with Crippen LogP contribution in [0.5, 0.6) is 0 Å². The zero-order chi connectivity index (χ0) is 25.1. The van der Waals surface area contributed by atoms with Crippen LogP contribution in [0, 0.1) is 12.1 Å². The summed E-state index contributed by atoms with van der Waals surface area (Å²) in [6.45, 7) is 0. The van der Waals surface area contributed by atoms with Crippen LogP contribution in [-0.2, 0) is 21.1 Å². The van der Waals surface area contributed by atoms with Crippen LogP contribution in [0.15, 0.2) is 121 Å². The molecule has 4 nitrogen and oxygen atoms in total. The van der Waals surface area contributed by atoms with Gasteiger partial charge in [0.2, 0.25) is 0 Å². The van der Waals surface area contributed by atoms with E-state index in [9.17, 15) is 0 Å². The maximum Gasteiger partial charge on any atom is 2.00 e. The molecule has 4 aromatic carbocycles. The van der Waals surface area contributed by atoms with E-state index in [1.165, 1.54) is 5.39 Å². The van der Waals surface area contributed by atoms with Crippen molar-refractivity contribution in [2.24, 2.45) is 0 Å². The summed E-state index contributed by atoms with van der Waals surface area (Å²) in [5, 5.41) is 4.58. The Morgan fingerprint density at radius 3 is 1.87 bits per heavy atom. The molecule has 4 aromatic heterocycles. The van der Waals surface area contributed by atoms with Gasteiger partial charge in [-0.2, -0.15) is 24.3 Å². The molecular weight excluding hydrogens is 659 g/mol. The van der Waals surface area contributed by atoms with Crippen molar-refractivity contribution < 1.29 is 21.1 Å². The predicted molar refractivity (Wildman–Crippen MR) is 154 cm³/mol. The molecule has 0 amide bonds. The summed E-state index contributed by atoms with van der Waals surface area (Å²) in [6.07, 6.45) is 1.81. The summed E-state index contributed by atoms with van der Waals surface area (Å²) in [4.78, 5) is 9.92. The SMILES string of the molecule is [Pt+2].[c-]1ccccc1-n1c2ccccc2c2cc3c4ccccc4n(-c4[c-]c(-c5ccccn5)ccc4)c3nc21. The minimum absolute atomic E-state index is 0. The van der Waals surface area contributed by atoms with Crippen LogP contribution in [0.25, 0.3) is 66.5 Å². The van der Waals surface area contributed by atoms with Crippen LogP contribution < -0.4 is 0 Å². The summed E-state index contributed by atoms with van der Waals surface area (Å²) in [5.41, 5.74) is 7.76. The molecule has 39 heavy (non-hydrogen) atoms. The molecule has 0 aliphatic heterocycles. The topological polar surface area (TPSA) is 35.6 Å². The van der Waals surface area contributed by atoms with Gasteiger partial charge in [-0.3, -0.25) is 0 Å². The van der Waals surface area contributed by atoms with Crippen molar-refractivity contribution in [1.82, 2.24) is 19.1 Å². The Hall–Kier alpha value is -4.53. The molecule has 0 saturated carbocycles. The summed E-state index contributed by atoms with van der Waals surface area (Å²) in [7, 11) is 0. The quantitative estimate of drug-likeness (QED) is 0.178. The van der Waals surface area contributed by atoms with E-state index in [0.717, 1.165) is 61.1 Å². The van der Waals surface area contributed by atoms with Crippen molar-refractivity contribution in [2.75, 3.05) is 0 Å². The van der Waals surface area contributed by atoms with E-state index >= 15 is 0 Å². The third-order valence-corrected chi connectivity index (χ3v) is 7.17. The zero-order valence-electron chi connectivity index (χ0n) is 20.7. The Labute approximate surface area is 239 Å². The summed E-state index contributed by atoms with van der Waals surface area (Å²) in [6, 6.07) is 46.5. The maximum absolute atomic E-state index is 5.38. The fourth-order valence-corrected chi connectivity index (χ4v) is 5.52. The first kappa shape index (κ1) is 23.6. The van der Waals surface area contributed by atoms with Gasteiger partial charge < -0.3 is 14.1 Å². The van der Waals surface area contributed by atoms with Crippen molar-refractivity contribution in [3.8, 4) is 22.6 Å². The van der Waals surface area contributed by atoms with Crippen LogP contribution in [0.3, 0.4) is 0 Å². The molecule has 186 valence electrons. The molecule has 0 radical (unpaired) electrons. The van der Waals surface area contributed by atoms with Gasteiger partial charge in [0, 0.05) is 27.7 Å². The minimum atomic E-state index is 0. The second kappa shape index (κ2) is 9.34. The van der Waals surface area contributed by atoms with E-state index in [0.29, 0.717) is 0 Å². The Morgan fingerprint density at radius 1 is 0.564 bits per heavy atom. The van der Waals surface area contributed by atoms with Crippen molar-refractivity contribution in [1.29, 1.82) is 0 Å². The van der Waals surface area contributed by atoms with Gasteiger partial charge in [0.15, 0.2) is 0 Å². The summed E-state index contributed by atoms with van der Waals surface area (Å²) in [5.74, 6) is 0. The Bertz CT molecular complexity index is 2130. The largest absolute Gasteiger partial charge is 2.00 e. The van der Waals surface area contributed by atoms with Gasteiger partial charge in [-0.1, -0.05) is 54.2 Å². The average Bonchev–Trinajstić information content (AvgIpc) is 3.49. The van der Waals surface area contributed by atoms with E-state index in [4.69, 9.17) is 4.98 Å². The maximum atomic E-state index is 5.38. The molecule has 0 fully saturated rings. The molecule has 4 heterocycles. The predicted octanol–water partition coefficient (Wildman–Crippen LogP) is 7.94.